The molecule has 2 rings (SSSR count). The number of nitrogens with zero attached hydrogens (tertiary/aromatic N) is 3. The van der Waals surface area contributed by atoms with E-state index in [1.807, 2.05) is 6.92 Å². The standard InChI is InChI=1S/C12H15ClN4O3/c1-2-20-12-8-7-17(5-3-4-11(18)16-19)15-9(8)6-10(13)14-12/h6-7,19H,2-5H2,1H3,(H,16,18). The van der Waals surface area contributed by atoms with Crippen LogP contribution in [0.5, 0.6) is 5.88 Å². The number of carbonyl (C=O) groups excluding carboxylic acids is 1. The number of hydrogen-bond acceptors (Lipinski definition) is 5. The maximum Gasteiger partial charge on any atom is 0.243 e. The number of aryl methyl sites for hydroxylation is 1. The van der Waals surface area contributed by atoms with E-state index in [1.54, 1.807) is 22.4 Å². The van der Waals surface area contributed by atoms with E-state index >= 15 is 0 Å². The molecule has 0 unspecified atom stereocenters. The number of hydrogen-bond donors (Lipinski definition) is 2. The topological polar surface area (TPSA) is 89.3 Å². The first-order chi connectivity index (χ1) is 9.63. The molecule has 0 atom stereocenters. The molecule has 0 fully saturated rings. The second kappa shape index (κ2) is 6.53. The summed E-state index contributed by atoms with van der Waals surface area (Å²) in [6.45, 7) is 2.90. The number of ether oxygens (including phenoxy) is 1. The molecule has 0 spiro atoms. The molecule has 0 saturated heterocycles. The van der Waals surface area contributed by atoms with E-state index in [0.29, 0.717) is 36.1 Å². The van der Waals surface area contributed by atoms with Crippen LogP contribution in [0.4, 0.5) is 0 Å². The van der Waals surface area contributed by atoms with E-state index in [1.165, 1.54) is 0 Å². The Bertz CT molecular complexity index is 614. The molecule has 0 aliphatic rings. The highest BCUT2D eigenvalue weighted by Gasteiger charge is 2.10. The van der Waals surface area contributed by atoms with Crippen LogP contribution in [-0.2, 0) is 11.3 Å². The predicted molar refractivity (Wildman–Crippen MR) is 72.9 cm³/mol. The maximum atomic E-state index is 10.9. The Morgan fingerprint density at radius 3 is 3.10 bits per heavy atom. The first-order valence-corrected chi connectivity index (χ1v) is 6.61. The lowest BCUT2D eigenvalue weighted by atomic mass is 10.3. The first-order valence-electron chi connectivity index (χ1n) is 6.23. The van der Waals surface area contributed by atoms with Crippen molar-refractivity contribution < 1.29 is 14.7 Å². The Labute approximate surface area is 120 Å². The normalized spacial score (nSPS) is 10.8. The molecule has 108 valence electrons. The van der Waals surface area contributed by atoms with E-state index in [0.717, 1.165) is 5.39 Å². The number of carbonyl (C=O) groups is 1. The molecule has 0 aliphatic heterocycles. The molecule has 0 aromatic carbocycles. The van der Waals surface area contributed by atoms with Crippen LogP contribution in [-0.4, -0.2) is 32.5 Å². The van der Waals surface area contributed by atoms with Crippen molar-refractivity contribution in [2.24, 2.45) is 0 Å². The highest BCUT2D eigenvalue weighted by molar-refractivity contribution is 6.30. The molecule has 1 amide bonds. The predicted octanol–water partition coefficient (Wildman–Crippen LogP) is 1.77. The molecular formula is C12H15ClN4O3. The fourth-order valence-electron chi connectivity index (χ4n) is 1.83. The second-order valence-corrected chi connectivity index (χ2v) is 4.53. The van der Waals surface area contributed by atoms with Gasteiger partial charge in [-0.05, 0) is 13.3 Å². The summed E-state index contributed by atoms with van der Waals surface area (Å²) in [6.07, 6.45) is 2.59. The summed E-state index contributed by atoms with van der Waals surface area (Å²) in [4.78, 5) is 15.0. The summed E-state index contributed by atoms with van der Waals surface area (Å²) >= 11 is 5.91. The fourth-order valence-corrected chi connectivity index (χ4v) is 2.01. The summed E-state index contributed by atoms with van der Waals surface area (Å²) in [5.74, 6) is 0.0378. The third-order valence-electron chi connectivity index (χ3n) is 2.68. The molecule has 8 heteroatoms. The Morgan fingerprint density at radius 1 is 1.60 bits per heavy atom. The Morgan fingerprint density at radius 2 is 2.40 bits per heavy atom. The summed E-state index contributed by atoms with van der Waals surface area (Å²) in [5.41, 5.74) is 2.29. The zero-order chi connectivity index (χ0) is 14.5. The minimum absolute atomic E-state index is 0.226. The van der Waals surface area contributed by atoms with Crippen LogP contribution < -0.4 is 10.2 Å². The third kappa shape index (κ3) is 3.37. The van der Waals surface area contributed by atoms with Crippen LogP contribution in [0.15, 0.2) is 12.3 Å². The zero-order valence-electron chi connectivity index (χ0n) is 11.0. The van der Waals surface area contributed by atoms with Crippen LogP contribution in [0, 0.1) is 0 Å². The van der Waals surface area contributed by atoms with Gasteiger partial charge in [0.2, 0.25) is 11.8 Å². The van der Waals surface area contributed by atoms with Crippen molar-refractivity contribution in [3.63, 3.8) is 0 Å². The Balaban J connectivity index is 2.16. The largest absolute Gasteiger partial charge is 0.477 e. The molecule has 0 aliphatic carbocycles. The van der Waals surface area contributed by atoms with E-state index in [2.05, 4.69) is 10.1 Å². The summed E-state index contributed by atoms with van der Waals surface area (Å²) in [6, 6.07) is 1.66. The van der Waals surface area contributed by atoms with Crippen LogP contribution >= 0.6 is 11.6 Å². The lowest BCUT2D eigenvalue weighted by Gasteiger charge is -2.02. The van der Waals surface area contributed by atoms with Crippen molar-refractivity contribution in [3.05, 3.63) is 17.4 Å². The number of hydroxylamine groups is 1. The SMILES string of the molecule is CCOc1nc(Cl)cc2nn(CCCC(=O)NO)cc12. The highest BCUT2D eigenvalue weighted by atomic mass is 35.5. The average Bonchev–Trinajstić information content (AvgIpc) is 2.81. The van der Waals surface area contributed by atoms with E-state index in [9.17, 15) is 4.79 Å². The molecular weight excluding hydrogens is 284 g/mol. The van der Waals surface area contributed by atoms with Crippen molar-refractivity contribution in [2.45, 2.75) is 26.3 Å². The van der Waals surface area contributed by atoms with Crippen LogP contribution in [0.3, 0.4) is 0 Å². The monoisotopic (exact) mass is 298 g/mol. The highest BCUT2D eigenvalue weighted by Crippen LogP contribution is 2.25. The minimum atomic E-state index is -0.415. The number of pyridine rings is 1. The van der Waals surface area contributed by atoms with Gasteiger partial charge >= 0.3 is 0 Å². The molecule has 2 aromatic heterocycles. The average molecular weight is 299 g/mol. The van der Waals surface area contributed by atoms with E-state index in [4.69, 9.17) is 21.5 Å². The smallest absolute Gasteiger partial charge is 0.243 e. The van der Waals surface area contributed by atoms with Crippen LogP contribution in [0.1, 0.15) is 19.8 Å². The lowest BCUT2D eigenvalue weighted by Crippen LogP contribution is -2.18. The zero-order valence-corrected chi connectivity index (χ0v) is 11.7. The van der Waals surface area contributed by atoms with Crippen LogP contribution in [0.2, 0.25) is 5.15 Å². The minimum Gasteiger partial charge on any atom is -0.477 e. The van der Waals surface area contributed by atoms with E-state index < -0.39 is 5.91 Å². The van der Waals surface area contributed by atoms with Gasteiger partial charge in [-0.3, -0.25) is 14.7 Å². The van der Waals surface area contributed by atoms with Gasteiger partial charge in [0.05, 0.1) is 12.0 Å². The van der Waals surface area contributed by atoms with Gasteiger partial charge in [0.1, 0.15) is 10.7 Å². The van der Waals surface area contributed by atoms with Gasteiger partial charge in [-0.25, -0.2) is 10.5 Å². The number of nitrogens with one attached hydrogen (secondary N) is 1. The molecule has 0 bridgehead atoms. The van der Waals surface area contributed by atoms with Crippen LogP contribution in [0.25, 0.3) is 10.9 Å². The van der Waals surface area contributed by atoms with Crippen molar-refractivity contribution in [1.82, 2.24) is 20.2 Å². The lowest BCUT2D eigenvalue weighted by molar-refractivity contribution is -0.129. The van der Waals surface area contributed by atoms with E-state index in [-0.39, 0.29) is 6.42 Å². The molecule has 2 N–H and O–H groups in total. The van der Waals surface area contributed by atoms with Gasteiger partial charge in [0, 0.05) is 25.2 Å². The molecule has 20 heavy (non-hydrogen) atoms. The summed E-state index contributed by atoms with van der Waals surface area (Å²) in [5, 5.41) is 13.9. The van der Waals surface area contributed by atoms with Gasteiger partial charge in [-0.15, -0.1) is 0 Å². The third-order valence-corrected chi connectivity index (χ3v) is 2.88. The Hall–Kier alpha value is -1.86. The van der Waals surface area contributed by atoms with Crippen molar-refractivity contribution in [2.75, 3.05) is 6.61 Å². The molecule has 0 radical (unpaired) electrons. The number of rotatable bonds is 6. The number of fused-ring (bicyclic) bond motifs is 1. The number of amides is 1. The summed E-state index contributed by atoms with van der Waals surface area (Å²) < 4.78 is 7.13. The Kier molecular flexibility index (Phi) is 4.75. The molecule has 2 heterocycles. The first kappa shape index (κ1) is 14.5. The van der Waals surface area contributed by atoms with Crippen molar-refractivity contribution >= 4 is 28.4 Å². The van der Waals surface area contributed by atoms with Gasteiger partial charge < -0.3 is 4.74 Å². The second-order valence-electron chi connectivity index (χ2n) is 4.15. The number of halogens is 1. The van der Waals surface area contributed by atoms with Gasteiger partial charge in [-0.1, -0.05) is 11.6 Å². The van der Waals surface area contributed by atoms with Gasteiger partial charge in [0.15, 0.2) is 0 Å². The number of aromatic nitrogens is 3. The molecule has 2 aromatic rings. The van der Waals surface area contributed by atoms with Gasteiger partial charge in [-0.2, -0.15) is 5.10 Å². The quantitative estimate of drug-likeness (QED) is 0.482. The van der Waals surface area contributed by atoms with Gasteiger partial charge in [0.25, 0.3) is 0 Å². The van der Waals surface area contributed by atoms with Crippen molar-refractivity contribution in [1.29, 1.82) is 0 Å². The fraction of sp³-hybridized carbons (Fsp3) is 0.417. The van der Waals surface area contributed by atoms with Crippen molar-refractivity contribution in [3.8, 4) is 5.88 Å². The maximum absolute atomic E-state index is 10.9. The molecule has 0 saturated carbocycles. The molecule has 7 nitrogen and oxygen atoms in total. The summed E-state index contributed by atoms with van der Waals surface area (Å²) in [7, 11) is 0.